The van der Waals surface area contributed by atoms with Gasteiger partial charge in [-0.2, -0.15) is 0 Å². The molecule has 126 valence electrons. The normalized spacial score (nSPS) is 11.0. The highest BCUT2D eigenvalue weighted by molar-refractivity contribution is 5.94. The van der Waals surface area contributed by atoms with Gasteiger partial charge in [-0.3, -0.25) is 9.79 Å². The van der Waals surface area contributed by atoms with Gasteiger partial charge in [-0.05, 0) is 37.3 Å². The van der Waals surface area contributed by atoms with Crippen LogP contribution < -0.4 is 21.1 Å². The molecule has 1 amide bonds. The lowest BCUT2D eigenvalue weighted by molar-refractivity contribution is 0.0954. The summed E-state index contributed by atoms with van der Waals surface area (Å²) in [6.07, 6.45) is 0. The smallest absolute Gasteiger partial charge is 0.251 e. The second kappa shape index (κ2) is 8.57. The number of nitrogens with one attached hydrogen (secondary N) is 2. The molecule has 0 heterocycles. The van der Waals surface area contributed by atoms with Gasteiger partial charge in [-0.25, -0.2) is 0 Å². The van der Waals surface area contributed by atoms with E-state index in [2.05, 4.69) is 15.6 Å². The van der Waals surface area contributed by atoms with Gasteiger partial charge < -0.3 is 21.1 Å². The molecule has 0 aromatic heterocycles. The number of hydrogen-bond acceptors (Lipinski definition) is 3. The number of amides is 1. The van der Waals surface area contributed by atoms with Crippen LogP contribution in [0.3, 0.4) is 0 Å². The molecule has 4 N–H and O–H groups in total. The number of ether oxygens (including phenoxy) is 1. The lowest BCUT2D eigenvalue weighted by Crippen LogP contribution is -2.28. The molecule has 0 saturated heterocycles. The Morgan fingerprint density at radius 1 is 1.21 bits per heavy atom. The summed E-state index contributed by atoms with van der Waals surface area (Å²) < 4.78 is 5.10. The van der Waals surface area contributed by atoms with Crippen molar-refractivity contribution in [2.45, 2.75) is 6.92 Å². The van der Waals surface area contributed by atoms with Crippen LogP contribution in [0.5, 0.6) is 5.75 Å². The summed E-state index contributed by atoms with van der Waals surface area (Å²) in [4.78, 5) is 16.2. The van der Waals surface area contributed by atoms with Gasteiger partial charge in [0, 0.05) is 17.8 Å². The molecule has 0 aliphatic rings. The summed E-state index contributed by atoms with van der Waals surface area (Å²) in [6, 6.07) is 14.8. The quantitative estimate of drug-likeness (QED) is 0.431. The number of aliphatic imine (C=N–C) groups is 1. The molecule has 6 heteroatoms. The lowest BCUT2D eigenvalue weighted by atomic mass is 10.2. The van der Waals surface area contributed by atoms with E-state index in [4.69, 9.17) is 10.5 Å². The fraction of sp³-hybridized carbons (Fsp3) is 0.222. The number of carbonyl (C=O) groups excluding carboxylic acids is 1. The molecule has 0 radical (unpaired) electrons. The Hall–Kier alpha value is -3.02. The maximum absolute atomic E-state index is 12.0. The van der Waals surface area contributed by atoms with E-state index in [0.29, 0.717) is 30.4 Å². The molecule has 2 aromatic carbocycles. The van der Waals surface area contributed by atoms with Crippen molar-refractivity contribution in [3.8, 4) is 5.75 Å². The van der Waals surface area contributed by atoms with Crippen LogP contribution in [-0.4, -0.2) is 32.1 Å². The first-order chi connectivity index (χ1) is 11.6. The van der Waals surface area contributed by atoms with Crippen molar-refractivity contribution >= 4 is 17.6 Å². The fourth-order valence-electron chi connectivity index (χ4n) is 2.04. The molecular weight excluding hydrogens is 304 g/mol. The Morgan fingerprint density at radius 2 is 1.96 bits per heavy atom. The van der Waals surface area contributed by atoms with E-state index in [9.17, 15) is 4.79 Å². The first-order valence-corrected chi connectivity index (χ1v) is 7.64. The Labute approximate surface area is 141 Å². The third-order valence-corrected chi connectivity index (χ3v) is 3.34. The number of carbonyl (C=O) groups is 1. The van der Waals surface area contributed by atoms with Crippen LogP contribution in [0, 0.1) is 6.92 Å². The van der Waals surface area contributed by atoms with E-state index in [0.717, 1.165) is 5.69 Å². The summed E-state index contributed by atoms with van der Waals surface area (Å²) in [6.45, 7) is 2.80. The molecule has 0 aliphatic carbocycles. The summed E-state index contributed by atoms with van der Waals surface area (Å²) in [5.74, 6) is 0.788. The number of guanidine groups is 1. The minimum absolute atomic E-state index is 0.172. The highest BCUT2D eigenvalue weighted by Gasteiger charge is 2.05. The molecule has 0 bridgehead atoms. The molecule has 0 atom stereocenters. The summed E-state index contributed by atoms with van der Waals surface area (Å²) in [5.41, 5.74) is 8.42. The zero-order valence-corrected chi connectivity index (χ0v) is 13.9. The minimum Gasteiger partial charge on any atom is -0.497 e. The molecule has 2 rings (SSSR count). The molecule has 6 nitrogen and oxygen atoms in total. The van der Waals surface area contributed by atoms with Gasteiger partial charge in [0.2, 0.25) is 0 Å². The Balaban J connectivity index is 1.78. The van der Waals surface area contributed by atoms with E-state index in [1.54, 1.807) is 31.4 Å². The first kappa shape index (κ1) is 17.3. The molecule has 0 aliphatic heterocycles. The Morgan fingerprint density at radius 3 is 2.67 bits per heavy atom. The molecule has 0 unspecified atom stereocenters. The van der Waals surface area contributed by atoms with Crippen molar-refractivity contribution in [2.75, 3.05) is 25.5 Å². The first-order valence-electron chi connectivity index (χ1n) is 7.64. The van der Waals surface area contributed by atoms with Crippen molar-refractivity contribution in [1.29, 1.82) is 0 Å². The minimum atomic E-state index is -0.172. The summed E-state index contributed by atoms with van der Waals surface area (Å²) in [7, 11) is 1.57. The maximum atomic E-state index is 12.0. The third-order valence-electron chi connectivity index (χ3n) is 3.34. The number of methoxy groups -OCH3 is 1. The number of anilines is 1. The Bertz CT molecular complexity index is 711. The zero-order chi connectivity index (χ0) is 17.4. The number of nitrogens with two attached hydrogens (primary N) is 1. The van der Waals surface area contributed by atoms with Crippen LogP contribution >= 0.6 is 0 Å². The predicted molar refractivity (Wildman–Crippen MR) is 96.6 cm³/mol. The van der Waals surface area contributed by atoms with E-state index in [1.807, 2.05) is 31.2 Å². The van der Waals surface area contributed by atoms with Gasteiger partial charge in [0.25, 0.3) is 5.91 Å². The van der Waals surface area contributed by atoms with E-state index >= 15 is 0 Å². The predicted octanol–water partition coefficient (Wildman–Crippen LogP) is 2.16. The highest BCUT2D eigenvalue weighted by Crippen LogP contribution is 2.12. The number of hydrogen-bond donors (Lipinski definition) is 3. The Kier molecular flexibility index (Phi) is 6.19. The highest BCUT2D eigenvalue weighted by atomic mass is 16.5. The van der Waals surface area contributed by atoms with Crippen molar-refractivity contribution in [1.82, 2.24) is 5.32 Å². The molecule has 24 heavy (non-hydrogen) atoms. The monoisotopic (exact) mass is 326 g/mol. The van der Waals surface area contributed by atoms with Crippen LogP contribution in [-0.2, 0) is 0 Å². The largest absolute Gasteiger partial charge is 0.497 e. The van der Waals surface area contributed by atoms with E-state index < -0.39 is 0 Å². The van der Waals surface area contributed by atoms with Crippen LogP contribution in [0.15, 0.2) is 53.5 Å². The second-order valence-electron chi connectivity index (χ2n) is 5.25. The number of benzene rings is 2. The molecule has 0 fully saturated rings. The van der Waals surface area contributed by atoms with Crippen LogP contribution in [0.1, 0.15) is 15.9 Å². The topological polar surface area (TPSA) is 88.7 Å². The summed E-state index contributed by atoms with van der Waals surface area (Å²) >= 11 is 0. The average Bonchev–Trinajstić information content (AvgIpc) is 2.60. The number of rotatable bonds is 6. The lowest BCUT2D eigenvalue weighted by Gasteiger charge is -2.07. The van der Waals surface area contributed by atoms with Gasteiger partial charge in [0.1, 0.15) is 5.75 Å². The molecule has 2 aromatic rings. The SMILES string of the molecule is COc1cccc(C(=O)NCCN=C(N)Nc2ccc(C)cc2)c1. The summed E-state index contributed by atoms with van der Waals surface area (Å²) in [5, 5.41) is 5.79. The third kappa shape index (κ3) is 5.31. The number of aryl methyl sites for hydroxylation is 1. The van der Waals surface area contributed by atoms with Crippen molar-refractivity contribution in [3.05, 3.63) is 59.7 Å². The average molecular weight is 326 g/mol. The van der Waals surface area contributed by atoms with Gasteiger partial charge in [-0.1, -0.05) is 23.8 Å². The van der Waals surface area contributed by atoms with Gasteiger partial charge >= 0.3 is 0 Å². The van der Waals surface area contributed by atoms with Gasteiger partial charge in [0.05, 0.1) is 13.7 Å². The van der Waals surface area contributed by atoms with Crippen molar-refractivity contribution in [3.63, 3.8) is 0 Å². The van der Waals surface area contributed by atoms with Crippen molar-refractivity contribution < 1.29 is 9.53 Å². The van der Waals surface area contributed by atoms with Crippen molar-refractivity contribution in [2.24, 2.45) is 10.7 Å². The molecule has 0 saturated carbocycles. The maximum Gasteiger partial charge on any atom is 0.251 e. The standard InChI is InChI=1S/C18H22N4O2/c1-13-6-8-15(9-7-13)22-18(19)21-11-10-20-17(23)14-4-3-5-16(12-14)24-2/h3-9,12H,10-11H2,1-2H3,(H,20,23)(H3,19,21,22). The molecule has 0 spiro atoms. The van der Waals surface area contributed by atoms with Gasteiger partial charge in [0.15, 0.2) is 5.96 Å². The number of nitrogens with zero attached hydrogens (tertiary/aromatic N) is 1. The van der Waals surface area contributed by atoms with Crippen LogP contribution in [0.25, 0.3) is 0 Å². The van der Waals surface area contributed by atoms with E-state index in [1.165, 1.54) is 5.56 Å². The fourth-order valence-corrected chi connectivity index (χ4v) is 2.04. The van der Waals surface area contributed by atoms with Crippen LogP contribution in [0.4, 0.5) is 5.69 Å². The van der Waals surface area contributed by atoms with Crippen LogP contribution in [0.2, 0.25) is 0 Å². The molecular formula is C18H22N4O2. The zero-order valence-electron chi connectivity index (χ0n) is 13.9. The van der Waals surface area contributed by atoms with Gasteiger partial charge in [-0.15, -0.1) is 0 Å². The second-order valence-corrected chi connectivity index (χ2v) is 5.25. The van der Waals surface area contributed by atoms with E-state index in [-0.39, 0.29) is 5.91 Å².